The largest absolute Gasteiger partial charge is 0.396 e. The van der Waals surface area contributed by atoms with Gasteiger partial charge < -0.3 is 14.8 Å². The fourth-order valence-electron chi connectivity index (χ4n) is 2.16. The minimum Gasteiger partial charge on any atom is -0.396 e. The number of aliphatic hydroxyl groups excluding tert-OH is 2. The Morgan fingerprint density at radius 1 is 0.722 bits per heavy atom. The van der Waals surface area contributed by atoms with Gasteiger partial charge in [0.05, 0.1) is 7.14 Å². The second kappa shape index (κ2) is 12.2. The van der Waals surface area contributed by atoms with Crippen molar-refractivity contribution < 1.29 is 14.8 Å². The molecule has 0 aliphatic heterocycles. The summed E-state index contributed by atoms with van der Waals surface area (Å²) in [5.41, 5.74) is 0. The molecule has 0 saturated heterocycles. The molecule has 0 unspecified atom stereocenters. The summed E-state index contributed by atoms with van der Waals surface area (Å²) in [5.74, 6) is 0. The van der Waals surface area contributed by atoms with E-state index in [1.54, 1.807) is 0 Å². The number of hydrogen-bond donors (Lipinski definition) is 2. The third-order valence-corrected chi connectivity index (χ3v) is 6.76. The summed E-state index contributed by atoms with van der Waals surface area (Å²) in [7, 11) is -1.98. The van der Waals surface area contributed by atoms with E-state index in [1.807, 2.05) is 0 Å². The smallest absolute Gasteiger partial charge is 0.0877 e. The van der Waals surface area contributed by atoms with Gasteiger partial charge in [0, 0.05) is 31.7 Å². The summed E-state index contributed by atoms with van der Waals surface area (Å²) in [6, 6.07) is 0. The van der Waals surface area contributed by atoms with Crippen molar-refractivity contribution in [1.82, 2.24) is 0 Å². The standard InChI is InChI=1S/C14H31O3P/c1-2-3-12-18(17,13-8-4-6-10-15)14-9-5-7-11-16/h15-16H,2-14H2,1H3. The molecule has 4 heteroatoms. The molecule has 0 atom stereocenters. The first kappa shape index (κ1) is 18.1. The highest BCUT2D eigenvalue weighted by molar-refractivity contribution is 7.63. The quantitative estimate of drug-likeness (QED) is 0.400. The first-order valence-electron chi connectivity index (χ1n) is 7.47. The second-order valence-electron chi connectivity index (χ2n) is 5.15. The molecule has 2 N–H and O–H groups in total. The molecule has 0 spiro atoms. The van der Waals surface area contributed by atoms with Crippen LogP contribution in [0.5, 0.6) is 0 Å². The number of aliphatic hydroxyl groups is 2. The van der Waals surface area contributed by atoms with E-state index in [1.165, 1.54) is 0 Å². The van der Waals surface area contributed by atoms with Gasteiger partial charge in [-0.1, -0.05) is 26.2 Å². The fraction of sp³-hybridized carbons (Fsp3) is 1.00. The van der Waals surface area contributed by atoms with Gasteiger partial charge in [-0.25, -0.2) is 0 Å². The highest BCUT2D eigenvalue weighted by Gasteiger charge is 2.20. The van der Waals surface area contributed by atoms with Gasteiger partial charge in [0.1, 0.15) is 0 Å². The zero-order chi connectivity index (χ0) is 13.7. The molecule has 110 valence electrons. The van der Waals surface area contributed by atoms with Gasteiger partial charge in [-0.3, -0.25) is 0 Å². The zero-order valence-electron chi connectivity index (χ0n) is 11.9. The van der Waals surface area contributed by atoms with E-state index in [9.17, 15) is 4.57 Å². The molecule has 0 fully saturated rings. The molecule has 18 heavy (non-hydrogen) atoms. The molecule has 0 aliphatic carbocycles. The van der Waals surface area contributed by atoms with E-state index in [0.717, 1.165) is 69.9 Å². The Morgan fingerprint density at radius 3 is 1.56 bits per heavy atom. The van der Waals surface area contributed by atoms with Crippen molar-refractivity contribution in [2.75, 3.05) is 31.7 Å². The summed E-state index contributed by atoms with van der Waals surface area (Å²) in [6.45, 7) is 2.63. The third kappa shape index (κ3) is 10.1. The highest BCUT2D eigenvalue weighted by atomic mass is 31.2. The van der Waals surface area contributed by atoms with Crippen molar-refractivity contribution in [1.29, 1.82) is 0 Å². The Morgan fingerprint density at radius 2 is 1.17 bits per heavy atom. The predicted molar refractivity (Wildman–Crippen MR) is 79.0 cm³/mol. The van der Waals surface area contributed by atoms with E-state index in [4.69, 9.17) is 10.2 Å². The predicted octanol–water partition coefficient (Wildman–Crippen LogP) is 3.47. The van der Waals surface area contributed by atoms with Gasteiger partial charge in [-0.15, -0.1) is 0 Å². The van der Waals surface area contributed by atoms with Gasteiger partial charge in [-0.05, 0) is 32.1 Å². The Hall–Kier alpha value is 0.150. The zero-order valence-corrected chi connectivity index (χ0v) is 12.8. The maximum absolute atomic E-state index is 12.8. The molecule has 0 aromatic heterocycles. The van der Waals surface area contributed by atoms with Crippen LogP contribution in [0.1, 0.15) is 58.3 Å². The van der Waals surface area contributed by atoms with Gasteiger partial charge in [0.25, 0.3) is 0 Å². The van der Waals surface area contributed by atoms with E-state index >= 15 is 0 Å². The van der Waals surface area contributed by atoms with Crippen molar-refractivity contribution >= 4 is 7.14 Å². The minimum atomic E-state index is -1.98. The number of hydrogen-bond acceptors (Lipinski definition) is 3. The Kier molecular flexibility index (Phi) is 12.3. The molecular formula is C14H31O3P. The molecule has 0 amide bonds. The third-order valence-electron chi connectivity index (χ3n) is 3.37. The van der Waals surface area contributed by atoms with Crippen molar-refractivity contribution in [3.05, 3.63) is 0 Å². The molecular weight excluding hydrogens is 247 g/mol. The SMILES string of the molecule is CCCCP(=O)(CCCCCO)CCCCCO. The van der Waals surface area contributed by atoms with E-state index < -0.39 is 7.14 Å². The topological polar surface area (TPSA) is 57.5 Å². The number of rotatable bonds is 13. The van der Waals surface area contributed by atoms with Crippen LogP contribution in [0.2, 0.25) is 0 Å². The summed E-state index contributed by atoms with van der Waals surface area (Å²) < 4.78 is 12.8. The van der Waals surface area contributed by atoms with Crippen molar-refractivity contribution in [2.45, 2.75) is 58.3 Å². The molecule has 0 aromatic rings. The molecule has 3 nitrogen and oxygen atoms in total. The highest BCUT2D eigenvalue weighted by Crippen LogP contribution is 2.48. The fourth-order valence-corrected chi connectivity index (χ4v) is 5.32. The van der Waals surface area contributed by atoms with Gasteiger partial charge in [0.2, 0.25) is 0 Å². The molecule has 0 saturated carbocycles. The molecule has 0 aliphatic rings. The molecule has 0 heterocycles. The Labute approximate surface area is 112 Å². The van der Waals surface area contributed by atoms with Crippen LogP contribution in [0, 0.1) is 0 Å². The van der Waals surface area contributed by atoms with Crippen LogP contribution in [0.3, 0.4) is 0 Å². The molecule has 0 radical (unpaired) electrons. The normalized spacial score (nSPS) is 11.9. The van der Waals surface area contributed by atoms with Crippen LogP contribution in [0.25, 0.3) is 0 Å². The second-order valence-corrected chi connectivity index (χ2v) is 8.61. The van der Waals surface area contributed by atoms with E-state index in [-0.39, 0.29) is 13.2 Å². The van der Waals surface area contributed by atoms with Crippen LogP contribution in [0.15, 0.2) is 0 Å². The van der Waals surface area contributed by atoms with Gasteiger partial charge in [-0.2, -0.15) is 0 Å². The van der Waals surface area contributed by atoms with Crippen LogP contribution in [0.4, 0.5) is 0 Å². The van der Waals surface area contributed by atoms with E-state index in [2.05, 4.69) is 6.92 Å². The molecule has 0 aromatic carbocycles. The first-order chi connectivity index (χ1) is 8.68. The Bertz CT molecular complexity index is 203. The monoisotopic (exact) mass is 278 g/mol. The number of unbranched alkanes of at least 4 members (excludes halogenated alkanes) is 5. The Balaban J connectivity index is 3.95. The van der Waals surface area contributed by atoms with Crippen molar-refractivity contribution in [3.8, 4) is 0 Å². The summed E-state index contributed by atoms with van der Waals surface area (Å²) in [5, 5.41) is 17.5. The van der Waals surface area contributed by atoms with Gasteiger partial charge in [0.15, 0.2) is 0 Å². The van der Waals surface area contributed by atoms with Crippen LogP contribution < -0.4 is 0 Å². The van der Waals surface area contributed by atoms with Crippen LogP contribution >= 0.6 is 7.14 Å². The summed E-state index contributed by atoms with van der Waals surface area (Å²) >= 11 is 0. The van der Waals surface area contributed by atoms with Crippen LogP contribution in [-0.4, -0.2) is 41.9 Å². The van der Waals surface area contributed by atoms with Crippen LogP contribution in [-0.2, 0) is 4.57 Å². The summed E-state index contributed by atoms with van der Waals surface area (Å²) in [4.78, 5) is 0. The average Bonchev–Trinajstić information content (AvgIpc) is 2.38. The average molecular weight is 278 g/mol. The molecule has 0 rings (SSSR count). The minimum absolute atomic E-state index is 0.246. The van der Waals surface area contributed by atoms with Gasteiger partial charge >= 0.3 is 0 Å². The maximum Gasteiger partial charge on any atom is 0.0877 e. The summed E-state index contributed by atoms with van der Waals surface area (Å²) in [6.07, 6.45) is 10.4. The van der Waals surface area contributed by atoms with Crippen molar-refractivity contribution in [3.63, 3.8) is 0 Å². The molecule has 0 bridgehead atoms. The maximum atomic E-state index is 12.8. The lowest BCUT2D eigenvalue weighted by Crippen LogP contribution is -2.02. The lowest BCUT2D eigenvalue weighted by Gasteiger charge is -2.18. The lowest BCUT2D eigenvalue weighted by atomic mass is 10.3. The lowest BCUT2D eigenvalue weighted by molar-refractivity contribution is 0.284. The first-order valence-corrected chi connectivity index (χ1v) is 9.73. The van der Waals surface area contributed by atoms with Crippen molar-refractivity contribution in [2.24, 2.45) is 0 Å². The van der Waals surface area contributed by atoms with E-state index in [0.29, 0.717) is 0 Å².